The van der Waals surface area contributed by atoms with E-state index in [1.807, 2.05) is 0 Å². The summed E-state index contributed by atoms with van der Waals surface area (Å²) in [5.74, 6) is 0.993. The van der Waals surface area contributed by atoms with Crippen LogP contribution in [0.4, 0.5) is 21.7 Å². The van der Waals surface area contributed by atoms with Crippen LogP contribution in [-0.4, -0.2) is 51.9 Å². The lowest BCUT2D eigenvalue weighted by Gasteiger charge is -2.25. The number of hydrogen-bond donors (Lipinski definition) is 5. The Labute approximate surface area is 136 Å². The predicted octanol–water partition coefficient (Wildman–Crippen LogP) is -0.151. The lowest BCUT2D eigenvalue weighted by atomic mass is 10.2. The first-order valence-electron chi connectivity index (χ1n) is 6.72. The number of hydrazine groups is 2. The van der Waals surface area contributed by atoms with Crippen LogP contribution in [0.1, 0.15) is 6.42 Å². The molecule has 0 unspecified atom stereocenters. The fraction of sp³-hybridized carbons (Fsp3) is 0.600. The molecular weight excluding hydrogens is 350 g/mol. The zero-order chi connectivity index (χ0) is 16.6. The van der Waals surface area contributed by atoms with Crippen molar-refractivity contribution in [3.05, 3.63) is 6.33 Å². The lowest BCUT2D eigenvalue weighted by Crippen LogP contribution is -2.48. The van der Waals surface area contributed by atoms with E-state index in [-0.39, 0.29) is 13.0 Å². The van der Waals surface area contributed by atoms with E-state index in [0.717, 1.165) is 0 Å². The molecule has 3 heterocycles. The molecule has 0 bridgehead atoms. The summed E-state index contributed by atoms with van der Waals surface area (Å²) in [5, 5.41) is 4.31. The van der Waals surface area contributed by atoms with Crippen LogP contribution in [0.15, 0.2) is 6.33 Å². The van der Waals surface area contributed by atoms with Gasteiger partial charge in [0, 0.05) is 13.5 Å². The highest BCUT2D eigenvalue weighted by Gasteiger charge is 2.43. The fourth-order valence-corrected chi connectivity index (χ4v) is 2.98. The zero-order valence-corrected chi connectivity index (χ0v) is 13.7. The summed E-state index contributed by atoms with van der Waals surface area (Å²) in [5.41, 5.74) is 6.22. The van der Waals surface area contributed by atoms with Gasteiger partial charge in [-0.1, -0.05) is 0 Å². The molecule has 0 amide bonds. The van der Waals surface area contributed by atoms with Gasteiger partial charge in [0.15, 0.2) is 17.9 Å². The number of fused-ring (bicyclic) bond motifs is 1. The smallest absolute Gasteiger partial charge is 0.321 e. The van der Waals surface area contributed by atoms with Crippen molar-refractivity contribution in [1.29, 1.82) is 0 Å². The van der Waals surface area contributed by atoms with Crippen molar-refractivity contribution < 1.29 is 23.4 Å². The summed E-state index contributed by atoms with van der Waals surface area (Å²) in [6.07, 6.45) is -1.53. The fourth-order valence-electron chi connectivity index (χ4n) is 2.43. The molecule has 0 radical (unpaired) electrons. The topological polar surface area (TPSA) is 124 Å². The highest BCUT2D eigenvalue weighted by Crippen LogP contribution is 2.40. The van der Waals surface area contributed by atoms with E-state index in [0.29, 0.717) is 17.3 Å². The van der Waals surface area contributed by atoms with Crippen molar-refractivity contribution in [3.8, 4) is 0 Å². The van der Waals surface area contributed by atoms with Gasteiger partial charge in [0.2, 0.25) is 0 Å². The summed E-state index contributed by atoms with van der Waals surface area (Å²) in [7, 11) is 1.71. The molecular formula is C10H16FN6O4PS. The molecule has 13 heteroatoms. The molecule has 0 aliphatic carbocycles. The standard InChI is InChI=1S/C10H16FN6O4PS/c1-12-8-7-9(14-4-13-8)17(16-15-7)10-6(11)2-5(21-10)3-20-22(18,19)23/h4-6,10,15-16H,2-3H2,1H3,(H,12,13,14)(H2,18,19,23)/t5-,6-,10+/m0/s1. The zero-order valence-electron chi connectivity index (χ0n) is 12.0. The van der Waals surface area contributed by atoms with Gasteiger partial charge in [0.25, 0.3) is 0 Å². The Bertz CT molecular complexity index is 635. The number of hydrogen-bond acceptors (Lipinski definition) is 9. The minimum Gasteiger partial charge on any atom is -0.371 e. The molecule has 5 N–H and O–H groups in total. The molecule has 23 heavy (non-hydrogen) atoms. The van der Waals surface area contributed by atoms with Crippen LogP contribution in [0.25, 0.3) is 0 Å². The van der Waals surface area contributed by atoms with Gasteiger partial charge in [-0.25, -0.2) is 19.4 Å². The SMILES string of the molecule is CNc1ncnc2c1NNN2[C@@H]1O[C@H](COP(O)(O)=S)C[C@@H]1F. The van der Waals surface area contributed by atoms with Gasteiger partial charge in [0.05, 0.1) is 12.7 Å². The molecule has 10 nitrogen and oxygen atoms in total. The summed E-state index contributed by atoms with van der Waals surface area (Å²) in [4.78, 5) is 26.3. The van der Waals surface area contributed by atoms with E-state index in [9.17, 15) is 4.39 Å². The molecule has 2 aliphatic heterocycles. The summed E-state index contributed by atoms with van der Waals surface area (Å²) in [6, 6.07) is 0. The third kappa shape index (κ3) is 3.53. The van der Waals surface area contributed by atoms with Gasteiger partial charge >= 0.3 is 6.72 Å². The highest BCUT2D eigenvalue weighted by molar-refractivity contribution is 8.06. The highest BCUT2D eigenvalue weighted by atomic mass is 32.5. The molecule has 0 aromatic carbocycles. The molecule has 1 aromatic heterocycles. The number of anilines is 3. The number of ether oxygens (including phenoxy) is 1. The van der Waals surface area contributed by atoms with Gasteiger partial charge in [-0.3, -0.25) is 5.43 Å². The van der Waals surface area contributed by atoms with Crippen LogP contribution in [0.5, 0.6) is 0 Å². The Morgan fingerprint density at radius 3 is 3.09 bits per heavy atom. The first-order chi connectivity index (χ1) is 10.9. The number of alkyl halides is 1. The maximum absolute atomic E-state index is 14.3. The predicted molar refractivity (Wildman–Crippen MR) is 83.7 cm³/mol. The van der Waals surface area contributed by atoms with Crippen LogP contribution < -0.4 is 21.3 Å². The molecule has 128 valence electrons. The Balaban J connectivity index is 1.71. The molecule has 1 saturated heterocycles. The van der Waals surface area contributed by atoms with Crippen LogP contribution in [0.3, 0.4) is 0 Å². The van der Waals surface area contributed by atoms with Crippen LogP contribution >= 0.6 is 6.72 Å². The van der Waals surface area contributed by atoms with E-state index in [4.69, 9.17) is 19.0 Å². The van der Waals surface area contributed by atoms with Crippen LogP contribution in [0, 0.1) is 0 Å². The summed E-state index contributed by atoms with van der Waals surface area (Å²) >= 11 is 4.36. The molecule has 1 fully saturated rings. The van der Waals surface area contributed by atoms with Crippen molar-refractivity contribution in [2.24, 2.45) is 0 Å². The van der Waals surface area contributed by atoms with E-state index >= 15 is 0 Å². The largest absolute Gasteiger partial charge is 0.371 e. The monoisotopic (exact) mass is 366 g/mol. The van der Waals surface area contributed by atoms with Gasteiger partial charge in [-0.15, -0.1) is 5.53 Å². The Morgan fingerprint density at radius 1 is 1.61 bits per heavy atom. The Hall–Kier alpha value is -1.14. The van der Waals surface area contributed by atoms with Gasteiger partial charge < -0.3 is 24.4 Å². The lowest BCUT2D eigenvalue weighted by molar-refractivity contribution is 0.0000298. The number of halogens is 1. The molecule has 3 rings (SSSR count). The molecule has 1 aromatic rings. The molecule has 3 atom stereocenters. The maximum atomic E-state index is 14.3. The summed E-state index contributed by atoms with van der Waals surface area (Å²) in [6.45, 7) is -3.98. The maximum Gasteiger partial charge on any atom is 0.321 e. The Kier molecular flexibility index (Phi) is 4.65. The van der Waals surface area contributed by atoms with E-state index in [2.05, 4.69) is 38.1 Å². The third-order valence-electron chi connectivity index (χ3n) is 3.41. The van der Waals surface area contributed by atoms with E-state index in [1.165, 1.54) is 11.3 Å². The minimum absolute atomic E-state index is 0.0392. The van der Waals surface area contributed by atoms with Gasteiger partial charge in [-0.05, 0) is 11.8 Å². The van der Waals surface area contributed by atoms with Crippen LogP contribution in [0.2, 0.25) is 0 Å². The van der Waals surface area contributed by atoms with Crippen LogP contribution in [-0.2, 0) is 21.1 Å². The summed E-state index contributed by atoms with van der Waals surface area (Å²) < 4.78 is 24.6. The second kappa shape index (κ2) is 6.40. The van der Waals surface area contributed by atoms with Gasteiger partial charge in [-0.2, -0.15) is 0 Å². The van der Waals surface area contributed by atoms with Gasteiger partial charge in [0.1, 0.15) is 18.2 Å². The average molecular weight is 366 g/mol. The number of rotatable bonds is 5. The van der Waals surface area contributed by atoms with Crippen molar-refractivity contribution in [3.63, 3.8) is 0 Å². The number of nitrogens with zero attached hydrogens (tertiary/aromatic N) is 3. The van der Waals surface area contributed by atoms with E-state index < -0.39 is 25.2 Å². The average Bonchev–Trinajstić information content (AvgIpc) is 3.07. The second-order valence-corrected chi connectivity index (χ2v) is 7.63. The van der Waals surface area contributed by atoms with Crippen molar-refractivity contribution in [1.82, 2.24) is 15.5 Å². The first-order valence-corrected chi connectivity index (χ1v) is 9.35. The quantitative estimate of drug-likeness (QED) is 0.447. The second-order valence-electron chi connectivity index (χ2n) is 4.96. The molecule has 0 saturated carbocycles. The van der Waals surface area contributed by atoms with Crippen molar-refractivity contribution in [2.45, 2.75) is 24.9 Å². The third-order valence-corrected chi connectivity index (χ3v) is 4.21. The first kappa shape index (κ1) is 16.7. The minimum atomic E-state index is -3.79. The molecule has 2 aliphatic rings. The van der Waals surface area contributed by atoms with Crippen molar-refractivity contribution in [2.75, 3.05) is 29.4 Å². The van der Waals surface area contributed by atoms with Crippen molar-refractivity contribution >= 4 is 35.8 Å². The Morgan fingerprint density at radius 2 is 2.39 bits per heavy atom. The van der Waals surface area contributed by atoms with E-state index in [1.54, 1.807) is 7.05 Å². The normalized spacial score (nSPS) is 27.0. The molecule has 0 spiro atoms. The number of aromatic nitrogens is 2. The number of nitrogens with one attached hydrogen (secondary N) is 3.